The second-order valence-corrected chi connectivity index (χ2v) is 10.2. The Bertz CT molecular complexity index is 1090. The van der Waals surface area contributed by atoms with Crippen molar-refractivity contribution in [2.24, 2.45) is 11.3 Å². The maximum Gasteiger partial charge on any atom is 0.244 e. The van der Waals surface area contributed by atoms with Gasteiger partial charge in [0.25, 0.3) is 0 Å². The van der Waals surface area contributed by atoms with Crippen molar-refractivity contribution in [1.82, 2.24) is 0 Å². The molecule has 1 heterocycles. The highest BCUT2D eigenvalue weighted by Gasteiger charge is 2.72. The van der Waals surface area contributed by atoms with Gasteiger partial charge in [-0.15, -0.1) is 0 Å². The Balaban J connectivity index is 2.06. The van der Waals surface area contributed by atoms with Gasteiger partial charge in [0.15, 0.2) is 0 Å². The summed E-state index contributed by atoms with van der Waals surface area (Å²) in [5.41, 5.74) is 5.50. The van der Waals surface area contributed by atoms with Crippen molar-refractivity contribution < 1.29 is 9.59 Å². The van der Waals surface area contributed by atoms with Crippen LogP contribution in [0.1, 0.15) is 53.6 Å². The van der Waals surface area contributed by atoms with E-state index < -0.39 is 17.0 Å². The topological polar surface area (TPSA) is 64.4 Å². The second-order valence-electron chi connectivity index (χ2n) is 10.2. The summed E-state index contributed by atoms with van der Waals surface area (Å²) in [7, 11) is 0. The number of benzene rings is 2. The third-order valence-corrected chi connectivity index (χ3v) is 7.03. The highest BCUT2D eigenvalue weighted by molar-refractivity contribution is 6.22. The molecule has 2 amide bonds. The Kier molecular flexibility index (Phi) is 4.78. The van der Waals surface area contributed by atoms with Gasteiger partial charge in [0.1, 0.15) is 11.1 Å². The molecule has 2 aromatic rings. The zero-order valence-corrected chi connectivity index (χ0v) is 20.3. The minimum Gasteiger partial charge on any atom is -0.285 e. The highest BCUT2D eigenvalue weighted by atomic mass is 16.2. The first kappa shape index (κ1) is 22.1. The Morgan fingerprint density at radius 1 is 0.781 bits per heavy atom. The lowest BCUT2D eigenvalue weighted by molar-refractivity contribution is -0.142. The third-order valence-electron chi connectivity index (χ3n) is 7.03. The van der Waals surface area contributed by atoms with Crippen molar-refractivity contribution in [3.05, 3.63) is 57.6 Å². The standard InChI is InChI=1S/C27H31N3O2/c1-15-9-17(3)22(18(4)10-15)29-24(31)26(7,8)25(32)30(27(29)13-21(27)14-28)23-19(5)11-16(2)12-20(23)6/h9-12,21H,13H2,1-8H3. The maximum atomic E-state index is 13.9. The average Bonchev–Trinajstić information content (AvgIpc) is 3.39. The van der Waals surface area contributed by atoms with Gasteiger partial charge in [-0.05, 0) is 77.6 Å². The first-order valence-corrected chi connectivity index (χ1v) is 11.1. The number of nitrogens with zero attached hydrogens (tertiary/aromatic N) is 3. The fourth-order valence-electron chi connectivity index (χ4n) is 5.63. The van der Waals surface area contributed by atoms with E-state index in [1.54, 1.807) is 23.6 Å². The van der Waals surface area contributed by atoms with Gasteiger partial charge >= 0.3 is 0 Å². The van der Waals surface area contributed by atoms with Gasteiger partial charge in [0.2, 0.25) is 11.8 Å². The van der Waals surface area contributed by atoms with Crippen LogP contribution in [0, 0.1) is 64.2 Å². The maximum absolute atomic E-state index is 13.9. The van der Waals surface area contributed by atoms with Gasteiger partial charge in [-0.1, -0.05) is 35.4 Å². The molecule has 0 N–H and O–H groups in total. The number of hydrogen-bond donors (Lipinski definition) is 0. The molecule has 1 saturated carbocycles. The van der Waals surface area contributed by atoms with E-state index in [1.165, 1.54) is 0 Å². The summed E-state index contributed by atoms with van der Waals surface area (Å²) in [6.45, 7) is 15.5. The molecule has 1 atom stereocenters. The van der Waals surface area contributed by atoms with Crippen LogP contribution in [0.2, 0.25) is 0 Å². The number of nitriles is 1. The number of aryl methyl sites for hydroxylation is 6. The third kappa shape index (κ3) is 2.82. The smallest absolute Gasteiger partial charge is 0.244 e. The summed E-state index contributed by atoms with van der Waals surface area (Å²) in [5.74, 6) is -0.936. The molecule has 32 heavy (non-hydrogen) atoms. The second kappa shape index (κ2) is 6.93. The molecule has 0 aromatic heterocycles. The molecule has 0 bridgehead atoms. The summed E-state index contributed by atoms with van der Waals surface area (Å²) >= 11 is 0. The fourth-order valence-corrected chi connectivity index (χ4v) is 5.63. The zero-order valence-electron chi connectivity index (χ0n) is 20.3. The number of rotatable bonds is 2. The summed E-state index contributed by atoms with van der Waals surface area (Å²) in [5, 5.41) is 9.99. The minimum atomic E-state index is -1.25. The summed E-state index contributed by atoms with van der Waals surface area (Å²) in [4.78, 5) is 31.4. The molecule has 1 aliphatic heterocycles. The normalized spacial score (nSPS) is 21.2. The van der Waals surface area contributed by atoms with Crippen molar-refractivity contribution in [3.8, 4) is 6.07 Å². The molecule has 0 radical (unpaired) electrons. The number of carbonyl (C=O) groups is 2. The Hall–Kier alpha value is -3.13. The van der Waals surface area contributed by atoms with Crippen LogP contribution in [0.25, 0.3) is 0 Å². The van der Waals surface area contributed by atoms with Crippen molar-refractivity contribution in [2.45, 2.75) is 67.5 Å². The molecule has 5 heteroatoms. The highest BCUT2D eigenvalue weighted by Crippen LogP contribution is 2.59. The van der Waals surface area contributed by atoms with Crippen LogP contribution in [0.3, 0.4) is 0 Å². The molecule has 1 saturated heterocycles. The van der Waals surface area contributed by atoms with E-state index in [0.29, 0.717) is 6.42 Å². The number of hydrogen-bond acceptors (Lipinski definition) is 3. The largest absolute Gasteiger partial charge is 0.285 e. The zero-order chi connectivity index (χ0) is 23.7. The molecule has 2 fully saturated rings. The van der Waals surface area contributed by atoms with Gasteiger partial charge in [-0.2, -0.15) is 5.26 Å². The minimum absolute atomic E-state index is 0.242. The number of carbonyl (C=O) groups excluding carboxylic acids is 2. The van der Waals surface area contributed by atoms with Gasteiger partial charge in [-0.25, -0.2) is 0 Å². The summed E-state index contributed by atoms with van der Waals surface area (Å²) in [6.07, 6.45) is 0.441. The van der Waals surface area contributed by atoms with Gasteiger partial charge in [-0.3, -0.25) is 19.4 Å². The predicted octanol–water partition coefficient (Wildman–Crippen LogP) is 5.18. The van der Waals surface area contributed by atoms with Gasteiger partial charge in [0.05, 0.1) is 23.4 Å². The van der Waals surface area contributed by atoms with Crippen LogP contribution in [-0.2, 0) is 9.59 Å². The molecule has 2 aliphatic rings. The Morgan fingerprint density at radius 3 is 1.41 bits per heavy atom. The molecule has 1 spiro atoms. The van der Waals surface area contributed by atoms with E-state index in [4.69, 9.17) is 0 Å². The monoisotopic (exact) mass is 429 g/mol. The van der Waals surface area contributed by atoms with E-state index in [1.807, 2.05) is 41.5 Å². The SMILES string of the molecule is Cc1cc(C)c(N2C(=O)C(C)(C)C(=O)N(c3c(C)cc(C)cc3C)C23CC3C#N)c(C)c1. The average molecular weight is 430 g/mol. The fraction of sp³-hybridized carbons (Fsp3) is 0.444. The quantitative estimate of drug-likeness (QED) is 0.618. The molecule has 4 rings (SSSR count). The predicted molar refractivity (Wildman–Crippen MR) is 127 cm³/mol. The molecular weight excluding hydrogens is 398 g/mol. The van der Waals surface area contributed by atoms with Crippen LogP contribution < -0.4 is 9.80 Å². The van der Waals surface area contributed by atoms with Crippen LogP contribution in [-0.4, -0.2) is 17.5 Å². The van der Waals surface area contributed by atoms with E-state index in [2.05, 4.69) is 30.3 Å². The summed E-state index contributed by atoms with van der Waals surface area (Å²) < 4.78 is 0. The van der Waals surface area contributed by atoms with Crippen LogP contribution >= 0.6 is 0 Å². The molecule has 1 unspecified atom stereocenters. The molecule has 5 nitrogen and oxygen atoms in total. The molecule has 1 aliphatic carbocycles. The van der Waals surface area contributed by atoms with E-state index in [0.717, 1.165) is 44.8 Å². The van der Waals surface area contributed by atoms with E-state index >= 15 is 0 Å². The first-order chi connectivity index (χ1) is 14.9. The Morgan fingerprint density at radius 2 is 1.12 bits per heavy atom. The summed E-state index contributed by atoms with van der Waals surface area (Å²) in [6, 6.07) is 10.6. The lowest BCUT2D eigenvalue weighted by Crippen LogP contribution is -2.70. The first-order valence-electron chi connectivity index (χ1n) is 11.1. The molecule has 166 valence electrons. The van der Waals surface area contributed by atoms with Gasteiger partial charge in [0, 0.05) is 6.42 Å². The lowest BCUT2D eigenvalue weighted by atomic mass is 9.83. The van der Waals surface area contributed by atoms with Crippen molar-refractivity contribution in [2.75, 3.05) is 9.80 Å². The number of amides is 2. The molecular formula is C27H31N3O2. The molecule has 2 aromatic carbocycles. The van der Waals surface area contributed by atoms with Crippen molar-refractivity contribution in [3.63, 3.8) is 0 Å². The number of anilines is 2. The van der Waals surface area contributed by atoms with Crippen molar-refractivity contribution in [1.29, 1.82) is 5.26 Å². The van der Waals surface area contributed by atoms with E-state index in [-0.39, 0.29) is 11.8 Å². The lowest BCUT2D eigenvalue weighted by Gasteiger charge is -2.51. The Labute approximate surface area is 190 Å². The van der Waals surface area contributed by atoms with Crippen LogP contribution in [0.4, 0.5) is 11.4 Å². The van der Waals surface area contributed by atoms with E-state index in [9.17, 15) is 14.9 Å². The van der Waals surface area contributed by atoms with Crippen molar-refractivity contribution >= 4 is 23.2 Å². The van der Waals surface area contributed by atoms with Crippen LogP contribution in [0.15, 0.2) is 24.3 Å². The van der Waals surface area contributed by atoms with Crippen LogP contribution in [0.5, 0.6) is 0 Å². The van der Waals surface area contributed by atoms with Gasteiger partial charge < -0.3 is 0 Å².